The summed E-state index contributed by atoms with van der Waals surface area (Å²) in [7, 11) is 1.96. The number of nitrogens with one attached hydrogen (secondary N) is 2. The molecule has 31 heavy (non-hydrogen) atoms. The quantitative estimate of drug-likeness (QED) is 0.199. The molecule has 0 aliphatic heterocycles. The first kappa shape index (κ1) is 28.4. The molecule has 0 radical (unpaired) electrons. The van der Waals surface area contributed by atoms with Crippen LogP contribution in [0.5, 0.6) is 0 Å². The summed E-state index contributed by atoms with van der Waals surface area (Å²) in [5, 5.41) is 31.3. The molecule has 1 aromatic rings. The van der Waals surface area contributed by atoms with Crippen LogP contribution in [0.2, 0.25) is 0 Å². The summed E-state index contributed by atoms with van der Waals surface area (Å²) in [6, 6.07) is 7.03. The Morgan fingerprint density at radius 2 is 1.52 bits per heavy atom. The molecule has 5 N–H and O–H groups in total. The van der Waals surface area contributed by atoms with Gasteiger partial charge in [0.25, 0.3) is 0 Å². The van der Waals surface area contributed by atoms with E-state index in [2.05, 4.69) is 21.6 Å². The van der Waals surface area contributed by atoms with E-state index in [1.165, 1.54) is 0 Å². The molecule has 0 aliphatic rings. The van der Waals surface area contributed by atoms with Crippen LogP contribution in [-0.2, 0) is 38.3 Å². The van der Waals surface area contributed by atoms with Crippen LogP contribution in [0.1, 0.15) is 37.7 Å². The molecule has 0 heterocycles. The molecule has 172 valence electrons. The average molecular weight is 474 g/mol. The number of amides is 2. The van der Waals surface area contributed by atoms with E-state index in [0.29, 0.717) is 6.42 Å². The van der Waals surface area contributed by atoms with Crippen LogP contribution in [0.3, 0.4) is 0 Å². The fourth-order valence-corrected chi connectivity index (χ4v) is 2.79. The minimum Gasteiger partial charge on any atom is -0.481 e. The summed E-state index contributed by atoms with van der Waals surface area (Å²) < 4.78 is 0. The van der Waals surface area contributed by atoms with E-state index in [0.717, 1.165) is 25.1 Å². The van der Waals surface area contributed by atoms with Gasteiger partial charge in [-0.3, -0.25) is 4.79 Å². The van der Waals surface area contributed by atoms with Crippen molar-refractivity contribution in [3.05, 3.63) is 35.9 Å². The van der Waals surface area contributed by atoms with Gasteiger partial charge in [0.05, 0.1) is 0 Å². The normalized spacial score (nSPS) is 12.3. The van der Waals surface area contributed by atoms with E-state index in [9.17, 15) is 24.3 Å². The number of carbonyl (C=O) groups excluding carboxylic acids is 1. The van der Waals surface area contributed by atoms with Gasteiger partial charge in [0.15, 0.2) is 0 Å². The maximum atomic E-state index is 12.0. The van der Waals surface area contributed by atoms with Gasteiger partial charge in [-0.25, -0.2) is 14.4 Å². The third-order valence-corrected chi connectivity index (χ3v) is 4.38. The number of hydrogen-bond acceptors (Lipinski definition) is 5. The molecule has 0 fully saturated rings. The minimum atomic E-state index is -1.42. The van der Waals surface area contributed by atoms with Crippen molar-refractivity contribution < 1.29 is 51.9 Å². The molecular weight excluding hydrogens is 446 g/mol. The molecule has 11 heteroatoms. The van der Waals surface area contributed by atoms with Crippen molar-refractivity contribution in [1.29, 1.82) is 0 Å². The standard InChI is InChI=1S/C20H28N3O7.Cr/c1-23(13-14-7-3-2-4-8-14)12-6-5-9-15(18(26)27)21-20(30)22-16(19(28)29)10-11-17(24)25;/h3-4,7-8,15-16H,5-6,9-13H2,1H3,(H,24,25)(H,26,27)(H,28,29)(H2,21,22,30);/q-1;/t15-,16-;/m0./s1. The summed E-state index contributed by atoms with van der Waals surface area (Å²) in [6.45, 7) is 1.50. The fraction of sp³-hybridized carbons (Fsp3) is 0.500. The SMILES string of the molecule is CN(CCCC[C@H](NC(=O)N[C@@H](CCC(=O)O)C(=O)O)C(=O)O)Cc1cc[c-]cc1.[Cr]. The third-order valence-electron chi connectivity index (χ3n) is 4.38. The summed E-state index contributed by atoms with van der Waals surface area (Å²) >= 11 is 0. The van der Waals surface area contributed by atoms with Crippen molar-refractivity contribution in [1.82, 2.24) is 15.5 Å². The maximum absolute atomic E-state index is 12.0. The number of rotatable bonds is 14. The van der Waals surface area contributed by atoms with Gasteiger partial charge in [0.2, 0.25) is 0 Å². The molecule has 1 aromatic carbocycles. The van der Waals surface area contributed by atoms with Crippen molar-refractivity contribution in [3.8, 4) is 0 Å². The first-order valence-corrected chi connectivity index (χ1v) is 9.57. The van der Waals surface area contributed by atoms with E-state index in [-0.39, 0.29) is 30.2 Å². The Kier molecular flexibility index (Phi) is 14.0. The second kappa shape index (κ2) is 15.2. The van der Waals surface area contributed by atoms with E-state index in [1.807, 2.05) is 31.3 Å². The molecule has 0 saturated carbocycles. The number of urea groups is 1. The Bertz CT molecular complexity index is 718. The van der Waals surface area contributed by atoms with E-state index < -0.39 is 42.4 Å². The molecular formula is C20H28CrN3O7-. The Morgan fingerprint density at radius 1 is 0.968 bits per heavy atom. The second-order valence-electron chi connectivity index (χ2n) is 6.97. The van der Waals surface area contributed by atoms with Crippen LogP contribution >= 0.6 is 0 Å². The topological polar surface area (TPSA) is 156 Å². The molecule has 2 amide bonds. The molecule has 10 nitrogen and oxygen atoms in total. The number of carboxylic acid groups (broad SMARTS) is 3. The first-order valence-electron chi connectivity index (χ1n) is 9.57. The van der Waals surface area contributed by atoms with Crippen LogP contribution in [0, 0.1) is 6.07 Å². The summed E-state index contributed by atoms with van der Waals surface area (Å²) in [4.78, 5) is 47.1. The second-order valence-corrected chi connectivity index (χ2v) is 6.97. The Morgan fingerprint density at radius 3 is 2.03 bits per heavy atom. The van der Waals surface area contributed by atoms with Crippen LogP contribution in [0.15, 0.2) is 24.3 Å². The Labute approximate surface area is 191 Å². The molecule has 0 aromatic heterocycles. The van der Waals surface area contributed by atoms with Crippen LogP contribution in [-0.4, -0.2) is 69.8 Å². The molecule has 0 unspecified atom stereocenters. The molecule has 0 saturated heterocycles. The number of benzene rings is 1. The Hall–Kier alpha value is -2.61. The van der Waals surface area contributed by atoms with Crippen LogP contribution in [0.4, 0.5) is 4.79 Å². The van der Waals surface area contributed by atoms with E-state index in [1.54, 1.807) is 0 Å². The number of unbranched alkanes of at least 4 members (excludes halogenated alkanes) is 1. The van der Waals surface area contributed by atoms with Gasteiger partial charge in [-0.1, -0.05) is 0 Å². The van der Waals surface area contributed by atoms with E-state index in [4.69, 9.17) is 10.2 Å². The number of aliphatic carboxylic acids is 3. The fourth-order valence-electron chi connectivity index (χ4n) is 2.79. The largest absolute Gasteiger partial charge is 0.481 e. The number of hydrogen-bond donors (Lipinski definition) is 5. The van der Waals surface area contributed by atoms with E-state index >= 15 is 0 Å². The summed E-state index contributed by atoms with van der Waals surface area (Å²) in [6.07, 6.45) is 0.712. The smallest absolute Gasteiger partial charge is 0.326 e. The monoisotopic (exact) mass is 474 g/mol. The van der Waals surface area contributed by atoms with Crippen molar-refractivity contribution in [2.45, 2.75) is 50.7 Å². The molecule has 0 bridgehead atoms. The van der Waals surface area contributed by atoms with Gasteiger partial charge < -0.3 is 30.9 Å². The van der Waals surface area contributed by atoms with Crippen LogP contribution < -0.4 is 10.6 Å². The molecule has 0 spiro atoms. The van der Waals surface area contributed by atoms with Crippen molar-refractivity contribution in [2.24, 2.45) is 0 Å². The zero-order valence-corrected chi connectivity index (χ0v) is 18.5. The first-order chi connectivity index (χ1) is 14.2. The molecule has 2 atom stereocenters. The van der Waals surface area contributed by atoms with Crippen molar-refractivity contribution >= 4 is 23.9 Å². The average Bonchev–Trinajstić information content (AvgIpc) is 2.67. The van der Waals surface area contributed by atoms with Gasteiger partial charge in [0, 0.05) is 30.3 Å². The predicted molar refractivity (Wildman–Crippen MR) is 107 cm³/mol. The van der Waals surface area contributed by atoms with Gasteiger partial charge in [-0.15, -0.1) is 5.56 Å². The van der Waals surface area contributed by atoms with Crippen molar-refractivity contribution in [3.63, 3.8) is 0 Å². The van der Waals surface area contributed by atoms with Crippen LogP contribution in [0.25, 0.3) is 0 Å². The zero-order chi connectivity index (χ0) is 22.5. The van der Waals surface area contributed by atoms with Gasteiger partial charge in [-0.05, 0) is 39.3 Å². The number of carboxylic acids is 3. The third kappa shape index (κ3) is 12.6. The summed E-state index contributed by atoms with van der Waals surface area (Å²) in [5.41, 5.74) is 1.15. The summed E-state index contributed by atoms with van der Waals surface area (Å²) in [5.74, 6) is -3.81. The van der Waals surface area contributed by atoms with Gasteiger partial charge in [0.1, 0.15) is 12.1 Å². The maximum Gasteiger partial charge on any atom is 0.326 e. The Balaban J connectivity index is 0.00000900. The van der Waals surface area contributed by atoms with Crippen molar-refractivity contribution in [2.75, 3.05) is 13.6 Å². The minimum absolute atomic E-state index is 0. The predicted octanol–water partition coefficient (Wildman–Crippen LogP) is 1.16. The number of nitrogens with zero attached hydrogens (tertiary/aromatic N) is 1. The number of carbonyl (C=O) groups is 4. The zero-order valence-electron chi connectivity index (χ0n) is 17.2. The molecule has 1 rings (SSSR count). The van der Waals surface area contributed by atoms with Gasteiger partial charge >= 0.3 is 23.9 Å². The van der Waals surface area contributed by atoms with Gasteiger partial charge in [-0.2, -0.15) is 30.3 Å². The molecule has 0 aliphatic carbocycles.